The number of hydrogen-bond acceptors (Lipinski definition) is 3. The fourth-order valence-corrected chi connectivity index (χ4v) is 3.93. The lowest BCUT2D eigenvalue weighted by Crippen LogP contribution is -2.51. The van der Waals surface area contributed by atoms with Crippen molar-refractivity contribution in [3.8, 4) is 0 Å². The van der Waals surface area contributed by atoms with Gasteiger partial charge in [-0.05, 0) is 30.9 Å². The maximum Gasteiger partial charge on any atom is 0.416 e. The molecule has 25 heavy (non-hydrogen) atoms. The molecule has 2 atom stereocenters. The van der Waals surface area contributed by atoms with Crippen molar-refractivity contribution in [3.05, 3.63) is 35.4 Å². The van der Waals surface area contributed by atoms with Crippen LogP contribution in [0.15, 0.2) is 24.3 Å². The summed E-state index contributed by atoms with van der Waals surface area (Å²) < 4.78 is 50.7. The third-order valence-electron chi connectivity index (χ3n) is 5.21. The molecule has 1 aromatic rings. The van der Waals surface area contributed by atoms with Crippen LogP contribution in [-0.2, 0) is 22.1 Å². The highest BCUT2D eigenvalue weighted by Crippen LogP contribution is 2.32. The van der Waals surface area contributed by atoms with Gasteiger partial charge in [-0.1, -0.05) is 31.0 Å². The quantitative estimate of drug-likeness (QED) is 0.798. The van der Waals surface area contributed by atoms with Gasteiger partial charge in [0.25, 0.3) is 0 Å². The summed E-state index contributed by atoms with van der Waals surface area (Å²) in [6.07, 6.45) is 0.514. The van der Waals surface area contributed by atoms with Gasteiger partial charge in [0.2, 0.25) is 0 Å². The summed E-state index contributed by atoms with van der Waals surface area (Å²) in [6, 6.07) is 6.15. The molecular weight excluding hydrogens is 331 g/mol. The van der Waals surface area contributed by atoms with E-state index in [1.54, 1.807) is 12.1 Å². The standard InChI is InChI=1S/C19H26F3NO2/c20-19(21,22)16-6-2-1-5-15(16)9-12-25-18-8-4-3-7-17(18)23-10-13-24-14-11-23/h1-2,5-6,17-18H,3-4,7-14H2/t17-,18+/m1/s1. The number of alkyl halides is 3. The summed E-state index contributed by atoms with van der Waals surface area (Å²) in [5, 5.41) is 0. The van der Waals surface area contributed by atoms with Crippen molar-refractivity contribution < 1.29 is 22.6 Å². The van der Waals surface area contributed by atoms with E-state index in [1.165, 1.54) is 12.5 Å². The highest BCUT2D eigenvalue weighted by atomic mass is 19.4. The average molecular weight is 357 g/mol. The minimum atomic E-state index is -4.31. The molecule has 0 spiro atoms. The van der Waals surface area contributed by atoms with Gasteiger partial charge in [-0.15, -0.1) is 0 Å². The van der Waals surface area contributed by atoms with Crippen LogP contribution in [0.5, 0.6) is 0 Å². The summed E-state index contributed by atoms with van der Waals surface area (Å²) in [7, 11) is 0. The van der Waals surface area contributed by atoms with E-state index in [1.807, 2.05) is 0 Å². The van der Waals surface area contributed by atoms with Gasteiger partial charge >= 0.3 is 6.18 Å². The molecule has 0 unspecified atom stereocenters. The Kier molecular flexibility index (Phi) is 6.36. The first-order valence-electron chi connectivity index (χ1n) is 9.14. The minimum absolute atomic E-state index is 0.116. The van der Waals surface area contributed by atoms with Crippen LogP contribution in [0.3, 0.4) is 0 Å². The topological polar surface area (TPSA) is 21.7 Å². The molecule has 1 aromatic carbocycles. The molecule has 1 aliphatic heterocycles. The Morgan fingerprint density at radius 2 is 1.80 bits per heavy atom. The fraction of sp³-hybridized carbons (Fsp3) is 0.684. The molecule has 3 rings (SSSR count). The van der Waals surface area contributed by atoms with E-state index in [0.717, 1.165) is 51.6 Å². The van der Waals surface area contributed by atoms with E-state index in [9.17, 15) is 13.2 Å². The van der Waals surface area contributed by atoms with E-state index < -0.39 is 11.7 Å². The Hall–Kier alpha value is -1.11. The van der Waals surface area contributed by atoms with Gasteiger partial charge in [0.05, 0.1) is 31.5 Å². The van der Waals surface area contributed by atoms with Crippen molar-refractivity contribution in [1.29, 1.82) is 0 Å². The van der Waals surface area contributed by atoms with Crippen molar-refractivity contribution in [2.45, 2.75) is 50.4 Å². The van der Waals surface area contributed by atoms with Gasteiger partial charge in [0.1, 0.15) is 0 Å². The molecule has 2 aliphatic rings. The lowest BCUT2D eigenvalue weighted by Gasteiger charge is -2.41. The number of ether oxygens (including phenoxy) is 2. The number of halogens is 3. The minimum Gasteiger partial charge on any atom is -0.379 e. The summed E-state index contributed by atoms with van der Waals surface area (Å²) in [5.74, 6) is 0. The Morgan fingerprint density at radius 3 is 2.56 bits per heavy atom. The molecule has 1 saturated heterocycles. The molecule has 1 aliphatic carbocycles. The fourth-order valence-electron chi connectivity index (χ4n) is 3.93. The molecule has 0 aromatic heterocycles. The molecule has 1 saturated carbocycles. The van der Waals surface area contributed by atoms with E-state index in [0.29, 0.717) is 24.6 Å². The van der Waals surface area contributed by atoms with Crippen LogP contribution in [0.4, 0.5) is 13.2 Å². The maximum absolute atomic E-state index is 13.1. The smallest absolute Gasteiger partial charge is 0.379 e. The Labute approximate surface area is 147 Å². The largest absolute Gasteiger partial charge is 0.416 e. The van der Waals surface area contributed by atoms with Gasteiger partial charge < -0.3 is 9.47 Å². The first-order valence-corrected chi connectivity index (χ1v) is 9.14. The third-order valence-corrected chi connectivity index (χ3v) is 5.21. The Balaban J connectivity index is 1.57. The van der Waals surface area contributed by atoms with Crippen LogP contribution in [0, 0.1) is 0 Å². The molecule has 0 N–H and O–H groups in total. The molecule has 0 bridgehead atoms. The predicted octanol–water partition coefficient (Wildman–Crippen LogP) is 3.91. The van der Waals surface area contributed by atoms with Gasteiger partial charge in [-0.25, -0.2) is 0 Å². The van der Waals surface area contributed by atoms with Crippen molar-refractivity contribution in [3.63, 3.8) is 0 Å². The SMILES string of the molecule is FC(F)(F)c1ccccc1CCO[C@H]1CCCC[C@H]1N1CCOCC1. The summed E-state index contributed by atoms with van der Waals surface area (Å²) in [4.78, 5) is 2.43. The molecular formula is C19H26F3NO2. The maximum atomic E-state index is 13.1. The zero-order chi connectivity index (χ0) is 17.7. The molecule has 1 heterocycles. The van der Waals surface area contributed by atoms with Crippen molar-refractivity contribution in [1.82, 2.24) is 4.90 Å². The number of nitrogens with zero attached hydrogens (tertiary/aromatic N) is 1. The van der Waals surface area contributed by atoms with Crippen LogP contribution in [-0.4, -0.2) is 50.0 Å². The first kappa shape index (κ1) is 18.7. The summed E-state index contributed by atoms with van der Waals surface area (Å²) in [6.45, 7) is 3.67. The second-order valence-electron chi connectivity index (χ2n) is 6.81. The second kappa shape index (κ2) is 8.52. The zero-order valence-corrected chi connectivity index (χ0v) is 14.4. The highest BCUT2D eigenvalue weighted by Gasteiger charge is 2.34. The highest BCUT2D eigenvalue weighted by molar-refractivity contribution is 5.29. The number of hydrogen-bond donors (Lipinski definition) is 0. The van der Waals surface area contributed by atoms with Crippen molar-refractivity contribution in [2.75, 3.05) is 32.9 Å². The number of rotatable bonds is 5. The van der Waals surface area contributed by atoms with Crippen molar-refractivity contribution in [2.24, 2.45) is 0 Å². The number of morpholine rings is 1. The Morgan fingerprint density at radius 1 is 1.08 bits per heavy atom. The van der Waals surface area contributed by atoms with E-state index >= 15 is 0 Å². The second-order valence-corrected chi connectivity index (χ2v) is 6.81. The van der Waals surface area contributed by atoms with Crippen LogP contribution >= 0.6 is 0 Å². The van der Waals surface area contributed by atoms with Gasteiger partial charge in [0, 0.05) is 19.1 Å². The van der Waals surface area contributed by atoms with Gasteiger partial charge in [-0.3, -0.25) is 4.90 Å². The van der Waals surface area contributed by atoms with Gasteiger partial charge in [-0.2, -0.15) is 13.2 Å². The monoisotopic (exact) mass is 357 g/mol. The van der Waals surface area contributed by atoms with Crippen molar-refractivity contribution >= 4 is 0 Å². The van der Waals surface area contributed by atoms with E-state index in [4.69, 9.17) is 9.47 Å². The lowest BCUT2D eigenvalue weighted by atomic mass is 9.91. The van der Waals surface area contributed by atoms with Crippen LogP contribution < -0.4 is 0 Å². The Bertz CT molecular complexity index is 544. The average Bonchev–Trinajstić information content (AvgIpc) is 2.62. The van der Waals surface area contributed by atoms with E-state index in [2.05, 4.69) is 4.90 Å². The zero-order valence-electron chi connectivity index (χ0n) is 14.4. The number of benzene rings is 1. The molecule has 140 valence electrons. The normalized spacial score (nSPS) is 25.9. The predicted molar refractivity (Wildman–Crippen MR) is 89.5 cm³/mol. The molecule has 2 fully saturated rings. The van der Waals surface area contributed by atoms with Crippen LogP contribution in [0.2, 0.25) is 0 Å². The van der Waals surface area contributed by atoms with Gasteiger partial charge in [0.15, 0.2) is 0 Å². The van der Waals surface area contributed by atoms with Crippen LogP contribution in [0.25, 0.3) is 0 Å². The molecule has 6 heteroatoms. The lowest BCUT2D eigenvalue weighted by molar-refractivity contribution is -0.138. The van der Waals surface area contributed by atoms with E-state index in [-0.39, 0.29) is 6.10 Å². The third kappa shape index (κ3) is 4.96. The molecule has 3 nitrogen and oxygen atoms in total. The first-order chi connectivity index (χ1) is 12.1. The molecule has 0 amide bonds. The molecule has 0 radical (unpaired) electrons. The van der Waals surface area contributed by atoms with Crippen LogP contribution in [0.1, 0.15) is 36.8 Å². The summed E-state index contributed by atoms with van der Waals surface area (Å²) in [5.41, 5.74) is -0.235. The summed E-state index contributed by atoms with van der Waals surface area (Å²) >= 11 is 0.